The number of anilines is 1. The summed E-state index contributed by atoms with van der Waals surface area (Å²) in [5.74, 6) is 0.898. The zero-order valence-electron chi connectivity index (χ0n) is 25.6. The first-order valence-corrected chi connectivity index (χ1v) is 15.4. The van der Waals surface area contributed by atoms with E-state index in [9.17, 15) is 9.59 Å². The Labute approximate surface area is 255 Å². The highest BCUT2D eigenvalue weighted by atomic mass is 16.6. The van der Waals surface area contributed by atoms with Gasteiger partial charge >= 0.3 is 12.1 Å². The van der Waals surface area contributed by atoms with Gasteiger partial charge in [0.1, 0.15) is 11.7 Å². The Balaban J connectivity index is 1.00. The maximum atomic E-state index is 12.8. The van der Waals surface area contributed by atoms with Crippen molar-refractivity contribution in [1.82, 2.24) is 4.90 Å². The van der Waals surface area contributed by atoms with Crippen LogP contribution in [0.5, 0.6) is 0 Å². The van der Waals surface area contributed by atoms with E-state index in [2.05, 4.69) is 34.5 Å². The summed E-state index contributed by atoms with van der Waals surface area (Å²) in [7, 11) is 0. The van der Waals surface area contributed by atoms with E-state index < -0.39 is 5.60 Å². The summed E-state index contributed by atoms with van der Waals surface area (Å²) in [4.78, 5) is 27.1. The van der Waals surface area contributed by atoms with Crippen LogP contribution in [0.25, 0.3) is 11.1 Å². The average Bonchev–Trinajstić information content (AvgIpc) is 3.51. The van der Waals surface area contributed by atoms with E-state index in [1.165, 1.54) is 11.1 Å². The van der Waals surface area contributed by atoms with Crippen molar-refractivity contribution in [2.24, 2.45) is 11.8 Å². The summed E-state index contributed by atoms with van der Waals surface area (Å²) in [6.45, 7) is 9.57. The molecule has 7 heteroatoms. The molecular weight excluding hydrogens is 540 g/mol. The van der Waals surface area contributed by atoms with Crippen LogP contribution in [0.1, 0.15) is 51.2 Å². The largest absolute Gasteiger partial charge is 0.460 e. The quantitative estimate of drug-likeness (QED) is 0.191. The second-order valence-electron chi connectivity index (χ2n) is 12.8. The van der Waals surface area contributed by atoms with Crippen LogP contribution in [0, 0.1) is 11.8 Å². The number of rotatable bonds is 11. The maximum absolute atomic E-state index is 12.8. The molecule has 0 radical (unpaired) electrons. The zero-order chi connectivity index (χ0) is 30.2. The van der Waals surface area contributed by atoms with Crippen molar-refractivity contribution in [1.29, 1.82) is 0 Å². The van der Waals surface area contributed by atoms with Crippen molar-refractivity contribution in [2.75, 3.05) is 31.6 Å². The smallest absolute Gasteiger partial charge is 0.411 e. The van der Waals surface area contributed by atoms with Gasteiger partial charge in [0.2, 0.25) is 0 Å². The topological polar surface area (TPSA) is 77.1 Å². The van der Waals surface area contributed by atoms with Crippen molar-refractivity contribution in [3.63, 3.8) is 0 Å². The summed E-state index contributed by atoms with van der Waals surface area (Å²) < 4.78 is 16.8. The molecule has 1 aliphatic carbocycles. The molecule has 3 atom stereocenters. The fraction of sp³-hybridized carbons (Fsp3) is 0.444. The Bertz CT molecular complexity index is 1340. The van der Waals surface area contributed by atoms with Gasteiger partial charge in [-0.3, -0.25) is 15.0 Å². The molecule has 1 saturated heterocycles. The van der Waals surface area contributed by atoms with Crippen molar-refractivity contribution in [3.8, 4) is 11.1 Å². The van der Waals surface area contributed by atoms with E-state index in [0.29, 0.717) is 25.0 Å². The molecule has 0 bridgehead atoms. The van der Waals surface area contributed by atoms with Crippen molar-refractivity contribution < 1.29 is 23.8 Å². The monoisotopic (exact) mass is 584 g/mol. The molecule has 0 aromatic heterocycles. The third kappa shape index (κ3) is 9.15. The first kappa shape index (κ1) is 30.8. The second kappa shape index (κ2) is 14.2. The number of carbonyl (C=O) groups excluding carboxylic acids is 2. The van der Waals surface area contributed by atoms with Gasteiger partial charge in [0.25, 0.3) is 0 Å². The van der Waals surface area contributed by atoms with Gasteiger partial charge in [0.15, 0.2) is 0 Å². The number of benzene rings is 3. The molecule has 1 N–H and O–H groups in total. The van der Waals surface area contributed by atoms with Gasteiger partial charge in [0.05, 0.1) is 25.3 Å². The van der Waals surface area contributed by atoms with Crippen LogP contribution >= 0.6 is 0 Å². The van der Waals surface area contributed by atoms with Crippen LogP contribution in [0.3, 0.4) is 0 Å². The van der Waals surface area contributed by atoms with Crippen molar-refractivity contribution in [3.05, 3.63) is 90.0 Å². The molecule has 43 heavy (non-hydrogen) atoms. The van der Waals surface area contributed by atoms with E-state index in [-0.39, 0.29) is 24.6 Å². The Morgan fingerprint density at radius 1 is 0.837 bits per heavy atom. The average molecular weight is 585 g/mol. The standard InChI is InChI=1S/C36H44N2O5/c1-36(2,3)43-34(39)18-20-41-19-17-26-13-15-27(16-14-26)23-38-24-29-21-31(22-30(29)25-38)42-35(40)37-33-12-8-7-11-32(33)28-9-5-4-6-10-28/h4-16,29-31H,17-25H2,1-3H3,(H,37,40)/t29-,30+,31-. The fourth-order valence-electron chi connectivity index (χ4n) is 6.23. The number of nitrogens with zero attached hydrogens (tertiary/aromatic N) is 1. The predicted octanol–water partition coefficient (Wildman–Crippen LogP) is 7.10. The summed E-state index contributed by atoms with van der Waals surface area (Å²) >= 11 is 0. The molecule has 7 nitrogen and oxygen atoms in total. The number of para-hydroxylation sites is 1. The highest BCUT2D eigenvalue weighted by Gasteiger charge is 2.42. The summed E-state index contributed by atoms with van der Waals surface area (Å²) in [6.07, 6.45) is 2.52. The van der Waals surface area contributed by atoms with Gasteiger partial charge in [-0.25, -0.2) is 4.79 Å². The molecule has 1 saturated carbocycles. The van der Waals surface area contributed by atoms with Gasteiger partial charge < -0.3 is 14.2 Å². The number of nitrogens with one attached hydrogen (secondary N) is 1. The van der Waals surface area contributed by atoms with E-state index in [4.69, 9.17) is 14.2 Å². The minimum absolute atomic E-state index is 0.0355. The number of fused-ring (bicyclic) bond motifs is 1. The van der Waals surface area contributed by atoms with E-state index >= 15 is 0 Å². The van der Waals surface area contributed by atoms with Gasteiger partial charge in [-0.2, -0.15) is 0 Å². The lowest BCUT2D eigenvalue weighted by molar-refractivity contribution is -0.156. The van der Waals surface area contributed by atoms with Gasteiger partial charge in [0, 0.05) is 25.2 Å². The molecule has 1 aliphatic heterocycles. The molecule has 228 valence electrons. The Morgan fingerprint density at radius 3 is 2.19 bits per heavy atom. The van der Waals surface area contributed by atoms with Crippen LogP contribution in [0.4, 0.5) is 10.5 Å². The normalized spacial score (nSPS) is 20.0. The number of esters is 1. The first-order valence-electron chi connectivity index (χ1n) is 15.4. The first-order chi connectivity index (χ1) is 20.7. The van der Waals surface area contributed by atoms with Gasteiger partial charge in [-0.05, 0) is 74.6 Å². The van der Waals surface area contributed by atoms with Crippen molar-refractivity contribution in [2.45, 2.75) is 64.7 Å². The Hall–Kier alpha value is -3.68. The lowest BCUT2D eigenvalue weighted by atomic mass is 10.0. The lowest BCUT2D eigenvalue weighted by Crippen LogP contribution is -2.25. The lowest BCUT2D eigenvalue weighted by Gasteiger charge is -2.20. The highest BCUT2D eigenvalue weighted by molar-refractivity contribution is 5.91. The molecule has 0 spiro atoms. The SMILES string of the molecule is CC(C)(C)OC(=O)CCOCCc1ccc(CN2C[C@H]3C[C@@H](OC(=O)Nc4ccccc4-c4ccccc4)C[C@H]3C2)cc1. The van der Waals surface area contributed by atoms with Crippen LogP contribution in [-0.2, 0) is 32.0 Å². The number of likely N-dealkylation sites (tertiary alicyclic amines) is 1. The molecule has 1 amide bonds. The predicted molar refractivity (Wildman–Crippen MR) is 169 cm³/mol. The Kier molecular flexibility index (Phi) is 10.2. The van der Waals surface area contributed by atoms with Crippen LogP contribution < -0.4 is 5.32 Å². The molecule has 2 aliphatic rings. The minimum atomic E-state index is -0.460. The highest BCUT2D eigenvalue weighted by Crippen LogP contribution is 2.40. The van der Waals surface area contributed by atoms with Gasteiger partial charge in [-0.15, -0.1) is 0 Å². The summed E-state index contributed by atoms with van der Waals surface area (Å²) in [6, 6.07) is 26.6. The molecule has 0 unspecified atom stereocenters. The molecule has 2 fully saturated rings. The van der Waals surface area contributed by atoms with Crippen LogP contribution in [0.2, 0.25) is 0 Å². The molecule has 1 heterocycles. The maximum Gasteiger partial charge on any atom is 0.411 e. The summed E-state index contributed by atoms with van der Waals surface area (Å²) in [5, 5.41) is 2.98. The van der Waals surface area contributed by atoms with E-state index in [1.54, 1.807) is 0 Å². The fourth-order valence-corrected chi connectivity index (χ4v) is 6.23. The van der Waals surface area contributed by atoms with Crippen LogP contribution in [-0.4, -0.2) is 55.0 Å². The number of hydrogen-bond acceptors (Lipinski definition) is 6. The van der Waals surface area contributed by atoms with Gasteiger partial charge in [-0.1, -0.05) is 72.8 Å². The Morgan fingerprint density at radius 2 is 1.49 bits per heavy atom. The zero-order valence-corrected chi connectivity index (χ0v) is 25.6. The molecule has 3 aromatic rings. The number of amides is 1. The van der Waals surface area contributed by atoms with E-state index in [0.717, 1.165) is 55.7 Å². The minimum Gasteiger partial charge on any atom is -0.460 e. The number of carbonyl (C=O) groups is 2. The van der Waals surface area contributed by atoms with E-state index in [1.807, 2.05) is 75.4 Å². The van der Waals surface area contributed by atoms with Crippen LogP contribution in [0.15, 0.2) is 78.9 Å². The molecular formula is C36H44N2O5. The number of ether oxygens (including phenoxy) is 3. The van der Waals surface area contributed by atoms with Crippen molar-refractivity contribution >= 4 is 17.7 Å². The summed E-state index contributed by atoms with van der Waals surface area (Å²) in [5.41, 5.74) is 4.88. The second-order valence-corrected chi connectivity index (χ2v) is 12.8. The third-order valence-electron chi connectivity index (χ3n) is 8.14. The third-order valence-corrected chi connectivity index (χ3v) is 8.14. The molecule has 3 aromatic carbocycles. The number of hydrogen-bond donors (Lipinski definition) is 1. The molecule has 5 rings (SSSR count).